The summed E-state index contributed by atoms with van der Waals surface area (Å²) in [6, 6.07) is 18.5. The molecule has 0 aliphatic carbocycles. The molecule has 0 aliphatic heterocycles. The van der Waals surface area contributed by atoms with Gasteiger partial charge >= 0.3 is 0 Å². The second-order valence-electron chi connectivity index (χ2n) is 7.75. The predicted molar refractivity (Wildman–Crippen MR) is 121 cm³/mol. The molecular weight excluding hydrogens is 342 g/mol. The maximum atomic E-state index is 12.8. The fraction of sp³-hybridized carbons (Fsp3) is 0.346. The molecular formula is C26H33NO. The zero-order chi connectivity index (χ0) is 20.7. The minimum absolute atomic E-state index is 0.0124. The van der Waals surface area contributed by atoms with Crippen LogP contribution in [-0.2, 0) is 4.79 Å². The topological polar surface area (TPSA) is 20.3 Å². The molecule has 0 N–H and O–H groups in total. The van der Waals surface area contributed by atoms with Crippen LogP contribution in [-0.4, -0.2) is 5.91 Å². The molecule has 0 aromatic heterocycles. The van der Waals surface area contributed by atoms with Crippen LogP contribution >= 0.6 is 0 Å². The number of nitrogens with zero attached hydrogens (tertiary/aromatic N) is 1. The van der Waals surface area contributed by atoms with E-state index in [1.165, 1.54) is 5.56 Å². The van der Waals surface area contributed by atoms with E-state index >= 15 is 0 Å². The highest BCUT2D eigenvalue weighted by Gasteiger charge is 2.22. The number of allylic oxidation sites excluding steroid dienone is 3. The Morgan fingerprint density at radius 3 is 2.00 bits per heavy atom. The number of hydrogen-bond acceptors (Lipinski definition) is 1. The quantitative estimate of drug-likeness (QED) is 0.441. The molecule has 0 saturated carbocycles. The smallest absolute Gasteiger partial charge is 0.230 e. The van der Waals surface area contributed by atoms with Crippen LogP contribution in [0.25, 0.3) is 11.1 Å². The lowest BCUT2D eigenvalue weighted by molar-refractivity contribution is -0.117. The van der Waals surface area contributed by atoms with E-state index in [0.29, 0.717) is 6.42 Å². The van der Waals surface area contributed by atoms with Gasteiger partial charge in [-0.3, -0.25) is 9.69 Å². The van der Waals surface area contributed by atoms with E-state index in [0.717, 1.165) is 35.4 Å². The van der Waals surface area contributed by atoms with Gasteiger partial charge in [-0.25, -0.2) is 0 Å². The molecule has 0 fully saturated rings. The van der Waals surface area contributed by atoms with E-state index in [2.05, 4.69) is 64.6 Å². The average Bonchev–Trinajstić information content (AvgIpc) is 2.73. The summed E-state index contributed by atoms with van der Waals surface area (Å²) in [6.07, 6.45) is 4.33. The third-order valence-corrected chi connectivity index (χ3v) is 5.53. The highest BCUT2D eigenvalue weighted by atomic mass is 16.2. The van der Waals surface area contributed by atoms with Gasteiger partial charge in [0.25, 0.3) is 0 Å². The van der Waals surface area contributed by atoms with Gasteiger partial charge in [-0.05, 0) is 53.2 Å². The van der Waals surface area contributed by atoms with Gasteiger partial charge in [-0.2, -0.15) is 0 Å². The fourth-order valence-corrected chi connectivity index (χ4v) is 3.01. The van der Waals surface area contributed by atoms with Crippen molar-refractivity contribution in [3.05, 3.63) is 78.5 Å². The first kappa shape index (κ1) is 21.7. The summed E-state index contributed by atoms with van der Waals surface area (Å²) >= 11 is 0. The fourth-order valence-electron chi connectivity index (χ4n) is 3.01. The van der Waals surface area contributed by atoms with Gasteiger partial charge in [0.15, 0.2) is 0 Å². The standard InChI is InChI=1S/C26H33NO/c1-7-23(19-20(4)26(5,6)9-3)27(25(28)8-2)24-17-15-22(16-18-24)21-13-11-10-12-14-21/h10-19H,4,7-9H2,1-3,5-6H3/b23-19+. The molecule has 0 unspecified atom stereocenters. The Morgan fingerprint density at radius 2 is 1.50 bits per heavy atom. The molecule has 0 bridgehead atoms. The van der Waals surface area contributed by atoms with Crippen LogP contribution in [0.2, 0.25) is 0 Å². The maximum Gasteiger partial charge on any atom is 0.230 e. The van der Waals surface area contributed by atoms with Crippen LogP contribution < -0.4 is 4.90 Å². The lowest BCUT2D eigenvalue weighted by Crippen LogP contribution is -2.30. The van der Waals surface area contributed by atoms with E-state index in [1.54, 1.807) is 0 Å². The number of hydrogen-bond donors (Lipinski definition) is 0. The normalized spacial score (nSPS) is 12.0. The first-order valence-electron chi connectivity index (χ1n) is 10.2. The van der Waals surface area contributed by atoms with Gasteiger partial charge in [0, 0.05) is 17.8 Å². The Morgan fingerprint density at radius 1 is 0.929 bits per heavy atom. The molecule has 2 aromatic carbocycles. The van der Waals surface area contributed by atoms with E-state index in [1.807, 2.05) is 42.2 Å². The monoisotopic (exact) mass is 375 g/mol. The van der Waals surface area contributed by atoms with Crippen molar-refractivity contribution in [1.29, 1.82) is 0 Å². The number of carbonyl (C=O) groups is 1. The van der Waals surface area contributed by atoms with E-state index < -0.39 is 0 Å². The number of anilines is 1. The first-order valence-corrected chi connectivity index (χ1v) is 10.2. The number of carbonyl (C=O) groups excluding carboxylic acids is 1. The summed E-state index contributed by atoms with van der Waals surface area (Å²) in [5.74, 6) is 0.0997. The molecule has 0 saturated heterocycles. The van der Waals surface area contributed by atoms with Crippen LogP contribution in [0.3, 0.4) is 0 Å². The summed E-state index contributed by atoms with van der Waals surface area (Å²) in [4.78, 5) is 14.7. The third kappa shape index (κ3) is 5.01. The molecule has 1 amide bonds. The highest BCUT2D eigenvalue weighted by molar-refractivity contribution is 5.96. The zero-order valence-electron chi connectivity index (χ0n) is 18.0. The van der Waals surface area contributed by atoms with Crippen molar-refractivity contribution in [2.75, 3.05) is 4.90 Å². The summed E-state index contributed by atoms with van der Waals surface area (Å²) in [7, 11) is 0. The average molecular weight is 376 g/mol. The molecule has 0 atom stereocenters. The van der Waals surface area contributed by atoms with Gasteiger partial charge < -0.3 is 0 Å². The van der Waals surface area contributed by atoms with Gasteiger partial charge in [0.05, 0.1) is 0 Å². The highest BCUT2D eigenvalue weighted by Crippen LogP contribution is 2.33. The number of benzene rings is 2. The first-order chi connectivity index (χ1) is 13.3. The van der Waals surface area contributed by atoms with Crippen molar-refractivity contribution in [2.24, 2.45) is 5.41 Å². The molecule has 0 spiro atoms. The van der Waals surface area contributed by atoms with Crippen LogP contribution in [0.1, 0.15) is 53.9 Å². The Balaban J connectivity index is 2.42. The van der Waals surface area contributed by atoms with Crippen molar-refractivity contribution >= 4 is 11.6 Å². The summed E-state index contributed by atoms with van der Waals surface area (Å²) in [6.45, 7) is 14.8. The van der Waals surface area contributed by atoms with Crippen molar-refractivity contribution < 1.29 is 4.79 Å². The summed E-state index contributed by atoms with van der Waals surface area (Å²) in [5.41, 5.74) is 5.28. The van der Waals surface area contributed by atoms with Crippen LogP contribution in [0.15, 0.2) is 78.5 Å². The van der Waals surface area contributed by atoms with Crippen LogP contribution in [0.4, 0.5) is 5.69 Å². The third-order valence-electron chi connectivity index (χ3n) is 5.53. The molecule has 2 nitrogen and oxygen atoms in total. The molecule has 2 heteroatoms. The Kier molecular flexibility index (Phi) is 7.39. The molecule has 2 aromatic rings. The maximum absolute atomic E-state index is 12.8. The Bertz CT molecular complexity index is 828. The molecule has 28 heavy (non-hydrogen) atoms. The van der Waals surface area contributed by atoms with E-state index in [4.69, 9.17) is 0 Å². The van der Waals surface area contributed by atoms with Crippen molar-refractivity contribution in [2.45, 2.75) is 53.9 Å². The van der Waals surface area contributed by atoms with Crippen molar-refractivity contribution in [3.63, 3.8) is 0 Å². The number of rotatable bonds is 8. The van der Waals surface area contributed by atoms with Crippen LogP contribution in [0, 0.1) is 5.41 Å². The lowest BCUT2D eigenvalue weighted by atomic mass is 9.82. The van der Waals surface area contributed by atoms with Gasteiger partial charge in [0.1, 0.15) is 0 Å². The molecule has 2 rings (SSSR count). The van der Waals surface area contributed by atoms with E-state index in [-0.39, 0.29) is 11.3 Å². The second kappa shape index (κ2) is 9.54. The molecule has 148 valence electrons. The zero-order valence-corrected chi connectivity index (χ0v) is 18.0. The minimum atomic E-state index is 0.0124. The van der Waals surface area contributed by atoms with Gasteiger partial charge in [0.2, 0.25) is 5.91 Å². The summed E-state index contributed by atoms with van der Waals surface area (Å²) in [5, 5.41) is 0. The summed E-state index contributed by atoms with van der Waals surface area (Å²) < 4.78 is 0. The van der Waals surface area contributed by atoms with Crippen LogP contribution in [0.5, 0.6) is 0 Å². The Hall–Kier alpha value is -2.61. The minimum Gasteiger partial charge on any atom is -0.285 e. The SMILES string of the molecule is C=C(/C=C(\CC)N(C(=O)CC)c1ccc(-c2ccccc2)cc1)C(C)(C)CC. The second-order valence-corrected chi connectivity index (χ2v) is 7.75. The largest absolute Gasteiger partial charge is 0.285 e. The van der Waals surface area contributed by atoms with Crippen molar-refractivity contribution in [1.82, 2.24) is 0 Å². The lowest BCUT2D eigenvalue weighted by Gasteiger charge is -2.29. The van der Waals surface area contributed by atoms with E-state index in [9.17, 15) is 4.79 Å². The molecule has 0 heterocycles. The molecule has 0 aliphatic rings. The van der Waals surface area contributed by atoms with Gasteiger partial charge in [-0.15, -0.1) is 0 Å². The molecule has 0 radical (unpaired) electrons. The number of amides is 1. The Labute approximate surface area is 170 Å². The predicted octanol–water partition coefficient (Wildman–Crippen LogP) is 7.38. The van der Waals surface area contributed by atoms with Gasteiger partial charge in [-0.1, -0.05) is 83.7 Å². The van der Waals surface area contributed by atoms with Crippen molar-refractivity contribution in [3.8, 4) is 11.1 Å².